The molecule has 1 fully saturated rings. The number of halogens is 2. The summed E-state index contributed by atoms with van der Waals surface area (Å²) in [6.07, 6.45) is 4.50. The van der Waals surface area contributed by atoms with Crippen molar-refractivity contribution in [2.75, 3.05) is 18.4 Å². The van der Waals surface area contributed by atoms with Crippen molar-refractivity contribution in [3.63, 3.8) is 0 Å². The Labute approximate surface area is 211 Å². The molecule has 2 N–H and O–H groups in total. The molecule has 0 radical (unpaired) electrons. The number of rotatable bonds is 9. The highest BCUT2D eigenvalue weighted by Crippen LogP contribution is 2.47. The molecule has 1 amide bonds. The molecule has 1 saturated carbocycles. The van der Waals surface area contributed by atoms with Gasteiger partial charge in [0, 0.05) is 35.7 Å². The quantitative estimate of drug-likeness (QED) is 0.259. The summed E-state index contributed by atoms with van der Waals surface area (Å²) >= 11 is 9.94. The largest absolute Gasteiger partial charge is 0.370 e. The van der Waals surface area contributed by atoms with Gasteiger partial charge in [-0.15, -0.1) is 0 Å². The SMILES string of the molecule is O=C(NCCCCNc1cc(-c2ccccc2Cl)nc2c(Br)cnn12)C1CC1c1ccccc1. The van der Waals surface area contributed by atoms with Crippen LogP contribution in [0.3, 0.4) is 0 Å². The van der Waals surface area contributed by atoms with E-state index in [0.717, 1.165) is 53.0 Å². The van der Waals surface area contributed by atoms with Gasteiger partial charge in [0.2, 0.25) is 5.91 Å². The molecule has 2 heterocycles. The molecule has 34 heavy (non-hydrogen) atoms. The summed E-state index contributed by atoms with van der Waals surface area (Å²) in [5.41, 5.74) is 3.65. The molecule has 174 valence electrons. The minimum atomic E-state index is 0.118. The van der Waals surface area contributed by atoms with Crippen LogP contribution in [0.2, 0.25) is 5.02 Å². The maximum atomic E-state index is 12.4. The molecule has 4 aromatic rings. The molecule has 2 aromatic carbocycles. The number of nitrogens with one attached hydrogen (secondary N) is 2. The Morgan fingerprint density at radius 3 is 2.68 bits per heavy atom. The number of hydrogen-bond donors (Lipinski definition) is 2. The Morgan fingerprint density at radius 2 is 1.85 bits per heavy atom. The number of carbonyl (C=O) groups is 1. The van der Waals surface area contributed by atoms with Crippen molar-refractivity contribution in [1.82, 2.24) is 19.9 Å². The van der Waals surface area contributed by atoms with Crippen LogP contribution in [-0.2, 0) is 4.79 Å². The predicted octanol–water partition coefficient (Wildman–Crippen LogP) is 5.92. The normalized spacial score (nSPS) is 17.0. The average molecular weight is 539 g/mol. The molecule has 2 unspecified atom stereocenters. The van der Waals surface area contributed by atoms with E-state index in [1.165, 1.54) is 5.56 Å². The fourth-order valence-corrected chi connectivity index (χ4v) is 4.81. The van der Waals surface area contributed by atoms with Crippen LogP contribution in [0.25, 0.3) is 16.9 Å². The smallest absolute Gasteiger partial charge is 0.223 e. The topological polar surface area (TPSA) is 71.3 Å². The number of anilines is 1. The Balaban J connectivity index is 1.14. The van der Waals surface area contributed by atoms with Crippen molar-refractivity contribution in [3.8, 4) is 11.3 Å². The number of amides is 1. The lowest BCUT2D eigenvalue weighted by molar-refractivity contribution is -0.122. The first kappa shape index (κ1) is 22.9. The third-order valence-corrected chi connectivity index (χ3v) is 7.03. The van der Waals surface area contributed by atoms with E-state index in [0.29, 0.717) is 17.5 Å². The lowest BCUT2D eigenvalue weighted by Crippen LogP contribution is -2.26. The maximum absolute atomic E-state index is 12.4. The first-order valence-electron chi connectivity index (χ1n) is 11.5. The van der Waals surface area contributed by atoms with Gasteiger partial charge in [-0.3, -0.25) is 4.79 Å². The zero-order valence-corrected chi connectivity index (χ0v) is 20.9. The van der Waals surface area contributed by atoms with Gasteiger partial charge in [0.25, 0.3) is 0 Å². The summed E-state index contributed by atoms with van der Waals surface area (Å²) in [5, 5.41) is 11.6. The standard InChI is InChI=1S/C26H25BrClN5O/c27-21-16-31-33-24(15-23(32-25(21)33)18-10-4-5-11-22(18)28)29-12-6-7-13-30-26(34)20-14-19(20)17-8-2-1-3-9-17/h1-5,8-11,15-16,19-20,29H,6-7,12-14H2,(H,30,34). The molecule has 0 spiro atoms. The van der Waals surface area contributed by atoms with Crippen LogP contribution in [0.15, 0.2) is 71.3 Å². The lowest BCUT2D eigenvalue weighted by Gasteiger charge is -2.12. The fourth-order valence-electron chi connectivity index (χ4n) is 4.23. The van der Waals surface area contributed by atoms with Gasteiger partial charge >= 0.3 is 0 Å². The Hall–Kier alpha value is -2.90. The van der Waals surface area contributed by atoms with Gasteiger partial charge in [-0.05, 0) is 52.7 Å². The van der Waals surface area contributed by atoms with Gasteiger partial charge in [-0.1, -0.05) is 60.1 Å². The third-order valence-electron chi connectivity index (χ3n) is 6.14. The molecule has 1 aliphatic rings. The van der Waals surface area contributed by atoms with E-state index in [2.05, 4.69) is 43.8 Å². The van der Waals surface area contributed by atoms with Crippen molar-refractivity contribution in [2.45, 2.75) is 25.2 Å². The highest BCUT2D eigenvalue weighted by Gasteiger charge is 2.43. The van der Waals surface area contributed by atoms with Crippen LogP contribution in [0.4, 0.5) is 5.82 Å². The van der Waals surface area contributed by atoms with E-state index >= 15 is 0 Å². The molecule has 5 rings (SSSR count). The van der Waals surface area contributed by atoms with Gasteiger partial charge in [0.1, 0.15) is 5.82 Å². The summed E-state index contributed by atoms with van der Waals surface area (Å²) < 4.78 is 2.60. The second-order valence-corrected chi connectivity index (χ2v) is 9.78. The summed E-state index contributed by atoms with van der Waals surface area (Å²) in [6.45, 7) is 1.44. The summed E-state index contributed by atoms with van der Waals surface area (Å²) in [4.78, 5) is 17.2. The molecule has 0 saturated heterocycles. The molecule has 8 heteroatoms. The highest BCUT2D eigenvalue weighted by atomic mass is 79.9. The number of carbonyl (C=O) groups excluding carboxylic acids is 1. The van der Waals surface area contributed by atoms with E-state index in [-0.39, 0.29) is 11.8 Å². The van der Waals surface area contributed by atoms with Crippen LogP contribution >= 0.6 is 27.5 Å². The first-order chi connectivity index (χ1) is 16.6. The molecule has 0 bridgehead atoms. The van der Waals surface area contributed by atoms with E-state index in [9.17, 15) is 4.79 Å². The highest BCUT2D eigenvalue weighted by molar-refractivity contribution is 9.10. The Kier molecular flexibility index (Phi) is 6.83. The van der Waals surface area contributed by atoms with Crippen molar-refractivity contribution < 1.29 is 4.79 Å². The first-order valence-corrected chi connectivity index (χ1v) is 12.6. The number of fused-ring (bicyclic) bond motifs is 1. The molecular formula is C26H25BrClN5O. The second-order valence-electron chi connectivity index (χ2n) is 8.52. The van der Waals surface area contributed by atoms with Crippen molar-refractivity contribution in [3.05, 3.63) is 81.9 Å². The Morgan fingerprint density at radius 1 is 1.09 bits per heavy atom. The van der Waals surface area contributed by atoms with Gasteiger partial charge in [-0.25, -0.2) is 4.98 Å². The number of nitrogens with zero attached hydrogens (tertiary/aromatic N) is 3. The molecule has 0 aliphatic heterocycles. The summed E-state index contributed by atoms with van der Waals surface area (Å²) in [6, 6.07) is 19.9. The molecular weight excluding hydrogens is 514 g/mol. The van der Waals surface area contributed by atoms with Gasteiger partial charge in [-0.2, -0.15) is 9.61 Å². The number of hydrogen-bond acceptors (Lipinski definition) is 4. The molecule has 6 nitrogen and oxygen atoms in total. The van der Waals surface area contributed by atoms with E-state index in [4.69, 9.17) is 16.6 Å². The van der Waals surface area contributed by atoms with Crippen LogP contribution < -0.4 is 10.6 Å². The van der Waals surface area contributed by atoms with Crippen molar-refractivity contribution in [2.24, 2.45) is 5.92 Å². The van der Waals surface area contributed by atoms with E-state index in [1.54, 1.807) is 10.7 Å². The summed E-state index contributed by atoms with van der Waals surface area (Å²) in [7, 11) is 0. The zero-order valence-electron chi connectivity index (χ0n) is 18.5. The minimum absolute atomic E-state index is 0.118. The maximum Gasteiger partial charge on any atom is 0.223 e. The number of benzene rings is 2. The number of aromatic nitrogens is 3. The minimum Gasteiger partial charge on any atom is -0.370 e. The van der Waals surface area contributed by atoms with Gasteiger partial charge in [0.15, 0.2) is 5.65 Å². The van der Waals surface area contributed by atoms with Gasteiger partial charge in [0.05, 0.1) is 16.4 Å². The Bertz CT molecular complexity index is 1310. The third kappa shape index (κ3) is 4.95. The zero-order chi connectivity index (χ0) is 23.5. The van der Waals surface area contributed by atoms with Crippen LogP contribution in [0.1, 0.15) is 30.7 Å². The average Bonchev–Trinajstić information content (AvgIpc) is 3.58. The number of unbranched alkanes of at least 4 members (excludes halogenated alkanes) is 1. The summed E-state index contributed by atoms with van der Waals surface area (Å²) in [5.74, 6) is 1.51. The van der Waals surface area contributed by atoms with Crippen molar-refractivity contribution in [1.29, 1.82) is 0 Å². The fraction of sp³-hybridized carbons (Fsp3) is 0.269. The van der Waals surface area contributed by atoms with Crippen molar-refractivity contribution >= 4 is 44.9 Å². The van der Waals surface area contributed by atoms with Crippen LogP contribution in [0, 0.1) is 5.92 Å². The molecule has 1 aliphatic carbocycles. The molecule has 2 atom stereocenters. The van der Waals surface area contributed by atoms with E-state index < -0.39 is 0 Å². The second kappa shape index (κ2) is 10.2. The molecule has 2 aromatic heterocycles. The lowest BCUT2D eigenvalue weighted by atomic mass is 10.1. The van der Waals surface area contributed by atoms with E-state index in [1.807, 2.05) is 48.5 Å². The van der Waals surface area contributed by atoms with Crippen LogP contribution in [-0.4, -0.2) is 33.6 Å². The van der Waals surface area contributed by atoms with Crippen LogP contribution in [0.5, 0.6) is 0 Å². The van der Waals surface area contributed by atoms with Gasteiger partial charge < -0.3 is 10.6 Å². The monoisotopic (exact) mass is 537 g/mol. The predicted molar refractivity (Wildman–Crippen MR) is 139 cm³/mol.